The lowest BCUT2D eigenvalue weighted by molar-refractivity contribution is -0.139. The number of benzene rings is 1. The zero-order valence-electron chi connectivity index (χ0n) is 15.4. The van der Waals surface area contributed by atoms with Gasteiger partial charge in [0, 0.05) is 24.9 Å². The third-order valence-electron chi connectivity index (χ3n) is 3.82. The summed E-state index contributed by atoms with van der Waals surface area (Å²) >= 11 is 0. The van der Waals surface area contributed by atoms with Crippen molar-refractivity contribution < 1.29 is 17.9 Å². The zero-order chi connectivity index (χ0) is 19.7. The Labute approximate surface area is 179 Å². The second-order valence-electron chi connectivity index (χ2n) is 5.87. The molecule has 3 N–H and O–H groups in total. The number of aliphatic imine (C=N–C) groups is 1. The molecule has 1 aromatic heterocycles. The monoisotopic (exact) mass is 508 g/mol. The second-order valence-corrected chi connectivity index (χ2v) is 5.87. The van der Waals surface area contributed by atoms with E-state index in [-0.39, 0.29) is 42.2 Å². The number of guanidine groups is 1. The SMILES string of the molecule is CCC(CN=C(N)NCCc1ccccn1)Oc1ccccc1C(F)(F)F.I. The first-order chi connectivity index (χ1) is 12.9. The smallest absolute Gasteiger partial charge is 0.419 e. The third kappa shape index (κ3) is 7.91. The summed E-state index contributed by atoms with van der Waals surface area (Å²) in [5.74, 6) is 0.0193. The molecule has 0 bridgehead atoms. The number of ether oxygens (including phenoxy) is 1. The van der Waals surface area contributed by atoms with Gasteiger partial charge in [0.2, 0.25) is 0 Å². The highest BCUT2D eigenvalue weighted by Gasteiger charge is 2.34. The summed E-state index contributed by atoms with van der Waals surface area (Å²) < 4.78 is 44.7. The van der Waals surface area contributed by atoms with Crippen molar-refractivity contribution in [2.24, 2.45) is 10.7 Å². The summed E-state index contributed by atoms with van der Waals surface area (Å²) in [5, 5.41) is 2.96. The Morgan fingerprint density at radius 2 is 1.93 bits per heavy atom. The maximum absolute atomic E-state index is 13.1. The van der Waals surface area contributed by atoms with Gasteiger partial charge >= 0.3 is 6.18 Å². The summed E-state index contributed by atoms with van der Waals surface area (Å²) in [6.07, 6.45) is -2.08. The van der Waals surface area contributed by atoms with Gasteiger partial charge in [-0.05, 0) is 30.7 Å². The Kier molecular flexibility index (Phi) is 10.0. The summed E-state index contributed by atoms with van der Waals surface area (Å²) in [4.78, 5) is 8.38. The highest BCUT2D eigenvalue weighted by atomic mass is 127. The molecule has 28 heavy (non-hydrogen) atoms. The Hall–Kier alpha value is -2.04. The van der Waals surface area contributed by atoms with Crippen molar-refractivity contribution in [3.63, 3.8) is 0 Å². The average molecular weight is 508 g/mol. The van der Waals surface area contributed by atoms with Gasteiger partial charge in [-0.2, -0.15) is 13.2 Å². The van der Waals surface area contributed by atoms with Crippen molar-refractivity contribution in [1.82, 2.24) is 10.3 Å². The van der Waals surface area contributed by atoms with Crippen molar-refractivity contribution in [2.75, 3.05) is 13.1 Å². The van der Waals surface area contributed by atoms with Crippen molar-refractivity contribution in [2.45, 2.75) is 32.0 Å². The quantitative estimate of drug-likeness (QED) is 0.321. The summed E-state index contributed by atoms with van der Waals surface area (Å²) in [6, 6.07) is 10.8. The number of pyridine rings is 1. The van der Waals surface area contributed by atoms with E-state index in [2.05, 4.69) is 15.3 Å². The fourth-order valence-electron chi connectivity index (χ4n) is 2.35. The maximum atomic E-state index is 13.1. The van der Waals surface area contributed by atoms with Crippen LogP contribution in [-0.4, -0.2) is 30.1 Å². The van der Waals surface area contributed by atoms with Gasteiger partial charge in [0.05, 0.1) is 12.1 Å². The molecule has 1 aromatic carbocycles. The number of nitrogens with zero attached hydrogens (tertiary/aromatic N) is 2. The number of halogens is 4. The lowest BCUT2D eigenvalue weighted by Crippen LogP contribution is -2.34. The van der Waals surface area contributed by atoms with Crippen molar-refractivity contribution in [3.8, 4) is 5.75 Å². The zero-order valence-corrected chi connectivity index (χ0v) is 17.8. The van der Waals surface area contributed by atoms with Crippen LogP contribution in [0.2, 0.25) is 0 Å². The summed E-state index contributed by atoms with van der Waals surface area (Å²) in [7, 11) is 0. The number of alkyl halides is 3. The van der Waals surface area contributed by atoms with Crippen LogP contribution in [-0.2, 0) is 12.6 Å². The van der Waals surface area contributed by atoms with Crippen LogP contribution in [0.4, 0.5) is 13.2 Å². The number of hydrogen-bond acceptors (Lipinski definition) is 3. The molecule has 1 heterocycles. The molecule has 9 heteroatoms. The van der Waals surface area contributed by atoms with Crippen LogP contribution < -0.4 is 15.8 Å². The van der Waals surface area contributed by atoms with Crippen molar-refractivity contribution in [1.29, 1.82) is 0 Å². The lowest BCUT2D eigenvalue weighted by Gasteiger charge is -2.19. The first kappa shape index (κ1) is 24.0. The van der Waals surface area contributed by atoms with E-state index >= 15 is 0 Å². The third-order valence-corrected chi connectivity index (χ3v) is 3.82. The molecular weight excluding hydrogens is 484 g/mol. The fraction of sp³-hybridized carbons (Fsp3) is 0.368. The van der Waals surface area contributed by atoms with Gasteiger partial charge in [0.15, 0.2) is 5.96 Å². The van der Waals surface area contributed by atoms with Gasteiger partial charge < -0.3 is 15.8 Å². The van der Waals surface area contributed by atoms with E-state index in [1.54, 1.807) is 6.20 Å². The number of para-hydroxylation sites is 1. The van der Waals surface area contributed by atoms with Crippen LogP contribution in [0.15, 0.2) is 53.7 Å². The topological polar surface area (TPSA) is 72.5 Å². The highest BCUT2D eigenvalue weighted by Crippen LogP contribution is 2.36. The molecule has 2 aromatic rings. The van der Waals surface area contributed by atoms with Gasteiger partial charge in [-0.15, -0.1) is 24.0 Å². The predicted octanol–water partition coefficient (Wildman–Crippen LogP) is 4.02. The van der Waals surface area contributed by atoms with E-state index in [1.807, 2.05) is 25.1 Å². The van der Waals surface area contributed by atoms with Gasteiger partial charge in [-0.25, -0.2) is 4.99 Å². The molecule has 154 valence electrons. The minimum absolute atomic E-state index is 0. The number of nitrogens with two attached hydrogens (primary N) is 1. The van der Waals surface area contributed by atoms with Gasteiger partial charge in [0.25, 0.3) is 0 Å². The molecule has 0 amide bonds. The fourth-order valence-corrected chi connectivity index (χ4v) is 2.35. The van der Waals surface area contributed by atoms with E-state index in [9.17, 15) is 13.2 Å². The van der Waals surface area contributed by atoms with E-state index in [0.717, 1.165) is 11.8 Å². The van der Waals surface area contributed by atoms with Crippen molar-refractivity contribution >= 4 is 29.9 Å². The molecule has 0 spiro atoms. The molecule has 0 aliphatic rings. The molecule has 0 radical (unpaired) electrons. The second kappa shape index (κ2) is 11.7. The van der Waals surface area contributed by atoms with Crippen LogP contribution in [0.1, 0.15) is 24.6 Å². The molecule has 0 aliphatic carbocycles. The standard InChI is InChI=1S/C19H23F3N4O.HI/c1-2-15(27-17-9-4-3-8-16(17)19(20,21)22)13-26-18(23)25-12-10-14-7-5-6-11-24-14;/h3-9,11,15H,2,10,12-13H2,1H3,(H3,23,25,26);1H. The van der Waals surface area contributed by atoms with Crippen LogP contribution in [0.25, 0.3) is 0 Å². The average Bonchev–Trinajstić information content (AvgIpc) is 2.65. The predicted molar refractivity (Wildman–Crippen MR) is 114 cm³/mol. The molecule has 1 atom stereocenters. The van der Waals surface area contributed by atoms with E-state index < -0.39 is 17.8 Å². The number of aromatic nitrogens is 1. The maximum Gasteiger partial charge on any atom is 0.419 e. The molecule has 2 rings (SSSR count). The first-order valence-corrected chi connectivity index (χ1v) is 8.66. The van der Waals surface area contributed by atoms with Crippen LogP contribution in [0, 0.1) is 0 Å². The lowest BCUT2D eigenvalue weighted by atomic mass is 10.2. The minimum atomic E-state index is -4.47. The van der Waals surface area contributed by atoms with Crippen LogP contribution in [0.5, 0.6) is 5.75 Å². The summed E-state index contributed by atoms with van der Waals surface area (Å²) in [6.45, 7) is 2.53. The summed E-state index contributed by atoms with van der Waals surface area (Å²) in [5.41, 5.74) is 5.95. The molecule has 0 aliphatic heterocycles. The first-order valence-electron chi connectivity index (χ1n) is 8.66. The van der Waals surface area contributed by atoms with Crippen LogP contribution in [0.3, 0.4) is 0 Å². The number of rotatable bonds is 8. The molecule has 1 unspecified atom stereocenters. The molecular formula is C19H24F3IN4O. The molecule has 0 fully saturated rings. The Balaban J connectivity index is 0.00000392. The van der Waals surface area contributed by atoms with Crippen LogP contribution >= 0.6 is 24.0 Å². The molecule has 0 saturated heterocycles. The molecule has 5 nitrogen and oxygen atoms in total. The number of hydrogen-bond donors (Lipinski definition) is 2. The Bertz CT molecular complexity index is 741. The van der Waals surface area contributed by atoms with Gasteiger partial charge in [-0.3, -0.25) is 4.98 Å². The van der Waals surface area contributed by atoms with Gasteiger partial charge in [0.1, 0.15) is 11.9 Å². The Morgan fingerprint density at radius 1 is 1.21 bits per heavy atom. The highest BCUT2D eigenvalue weighted by molar-refractivity contribution is 14.0. The largest absolute Gasteiger partial charge is 0.488 e. The minimum Gasteiger partial charge on any atom is -0.488 e. The Morgan fingerprint density at radius 3 is 2.57 bits per heavy atom. The molecule has 0 saturated carbocycles. The number of nitrogens with one attached hydrogen (secondary N) is 1. The van der Waals surface area contributed by atoms with E-state index in [1.165, 1.54) is 18.2 Å². The normalized spacial score (nSPS) is 12.8. The van der Waals surface area contributed by atoms with Gasteiger partial charge in [-0.1, -0.05) is 25.1 Å². The van der Waals surface area contributed by atoms with Crippen molar-refractivity contribution in [3.05, 3.63) is 59.9 Å². The van der Waals surface area contributed by atoms with E-state index in [4.69, 9.17) is 10.5 Å². The van der Waals surface area contributed by atoms with E-state index in [0.29, 0.717) is 19.4 Å².